The lowest BCUT2D eigenvalue weighted by atomic mass is 9.95. The van der Waals surface area contributed by atoms with Gasteiger partial charge >= 0.3 is 0 Å². The van der Waals surface area contributed by atoms with Crippen molar-refractivity contribution in [2.24, 2.45) is 5.92 Å². The van der Waals surface area contributed by atoms with Gasteiger partial charge in [-0.25, -0.2) is 12.8 Å². The normalized spacial score (nSPS) is 21.4. The lowest BCUT2D eigenvalue weighted by Gasteiger charge is -2.36. The van der Waals surface area contributed by atoms with Gasteiger partial charge in [-0.3, -0.25) is 4.90 Å². The molecule has 0 spiro atoms. The molecule has 7 heteroatoms. The molecule has 1 unspecified atom stereocenters. The first-order chi connectivity index (χ1) is 13.4. The first-order valence-corrected chi connectivity index (χ1v) is 11.5. The van der Waals surface area contributed by atoms with Gasteiger partial charge in [0.15, 0.2) is 0 Å². The maximum atomic E-state index is 13.4. The lowest BCUT2D eigenvalue weighted by molar-refractivity contribution is 0.167. The third kappa shape index (κ3) is 4.10. The van der Waals surface area contributed by atoms with E-state index < -0.39 is 15.8 Å². The minimum absolute atomic E-state index is 0.0615. The van der Waals surface area contributed by atoms with E-state index in [1.165, 1.54) is 27.6 Å². The summed E-state index contributed by atoms with van der Waals surface area (Å²) in [6, 6.07) is 12.1. The number of piperidine rings is 1. The van der Waals surface area contributed by atoms with E-state index in [0.29, 0.717) is 19.0 Å². The van der Waals surface area contributed by atoms with Crippen LogP contribution in [-0.4, -0.2) is 43.8 Å². The monoisotopic (exact) mass is 422 g/mol. The highest BCUT2D eigenvalue weighted by molar-refractivity contribution is 7.89. The van der Waals surface area contributed by atoms with E-state index in [4.69, 9.17) is 11.6 Å². The molecule has 2 aromatic carbocycles. The Morgan fingerprint density at radius 2 is 1.89 bits per heavy atom. The highest BCUT2D eigenvalue weighted by Gasteiger charge is 2.32. The first-order valence-electron chi connectivity index (χ1n) is 9.68. The van der Waals surface area contributed by atoms with E-state index in [1.807, 2.05) is 0 Å². The minimum atomic E-state index is -3.66. The van der Waals surface area contributed by atoms with Gasteiger partial charge in [0, 0.05) is 32.7 Å². The fourth-order valence-electron chi connectivity index (χ4n) is 4.26. The van der Waals surface area contributed by atoms with Crippen LogP contribution in [0.3, 0.4) is 0 Å². The summed E-state index contributed by atoms with van der Waals surface area (Å²) in [6.07, 6.45) is 2.90. The van der Waals surface area contributed by atoms with Gasteiger partial charge in [0.2, 0.25) is 10.0 Å². The molecule has 0 bridgehead atoms. The Hall–Kier alpha value is -1.47. The molecule has 1 fully saturated rings. The zero-order valence-electron chi connectivity index (χ0n) is 15.7. The molecule has 1 saturated heterocycles. The minimum Gasteiger partial charge on any atom is -0.298 e. The lowest BCUT2D eigenvalue weighted by Crippen LogP contribution is -2.44. The Labute approximate surface area is 171 Å². The summed E-state index contributed by atoms with van der Waals surface area (Å²) in [4.78, 5) is 2.49. The van der Waals surface area contributed by atoms with Gasteiger partial charge in [-0.05, 0) is 54.5 Å². The van der Waals surface area contributed by atoms with E-state index in [0.717, 1.165) is 45.0 Å². The van der Waals surface area contributed by atoms with E-state index in [1.54, 1.807) is 0 Å². The van der Waals surface area contributed by atoms with E-state index in [9.17, 15) is 12.8 Å². The van der Waals surface area contributed by atoms with Gasteiger partial charge in [-0.1, -0.05) is 35.9 Å². The molecule has 0 N–H and O–H groups in total. The highest BCUT2D eigenvalue weighted by Crippen LogP contribution is 2.28. The Morgan fingerprint density at radius 3 is 2.68 bits per heavy atom. The van der Waals surface area contributed by atoms with E-state index >= 15 is 0 Å². The highest BCUT2D eigenvalue weighted by atomic mass is 35.5. The van der Waals surface area contributed by atoms with Crippen LogP contribution in [0.1, 0.15) is 24.0 Å². The van der Waals surface area contributed by atoms with Crippen molar-refractivity contribution in [3.8, 4) is 0 Å². The van der Waals surface area contributed by atoms with Gasteiger partial charge in [-0.2, -0.15) is 4.31 Å². The average molecular weight is 423 g/mol. The van der Waals surface area contributed by atoms with Crippen molar-refractivity contribution in [2.75, 3.05) is 26.2 Å². The Bertz CT molecular complexity index is 967. The van der Waals surface area contributed by atoms with Crippen LogP contribution in [0.25, 0.3) is 0 Å². The number of benzene rings is 2. The summed E-state index contributed by atoms with van der Waals surface area (Å²) in [7, 11) is -3.66. The smallest absolute Gasteiger partial charge is 0.243 e. The van der Waals surface area contributed by atoms with Crippen molar-refractivity contribution < 1.29 is 12.8 Å². The molecule has 4 nitrogen and oxygen atoms in total. The standard InChI is InChI=1S/C21H24ClFN2O2S/c22-20-12-19(7-8-21(20)23)28(26,27)25-10-3-4-16(14-25)13-24-11-9-17-5-1-2-6-18(17)15-24/h1-2,5-8,12,16H,3-4,9-11,13-15H2. The molecule has 150 valence electrons. The first kappa shape index (κ1) is 19.8. The van der Waals surface area contributed by atoms with Crippen LogP contribution < -0.4 is 0 Å². The molecule has 2 aliphatic rings. The molecule has 2 heterocycles. The Kier molecular flexibility index (Phi) is 5.74. The van der Waals surface area contributed by atoms with E-state index in [-0.39, 0.29) is 9.92 Å². The Balaban J connectivity index is 1.44. The average Bonchev–Trinajstić information content (AvgIpc) is 2.70. The van der Waals surface area contributed by atoms with Gasteiger partial charge in [0.25, 0.3) is 0 Å². The van der Waals surface area contributed by atoms with Crippen LogP contribution in [0, 0.1) is 11.7 Å². The third-order valence-corrected chi connectivity index (χ3v) is 7.89. The second-order valence-corrected chi connectivity index (χ2v) is 10.0. The van der Waals surface area contributed by atoms with Gasteiger partial charge < -0.3 is 0 Å². The van der Waals surface area contributed by atoms with Crippen LogP contribution in [0.15, 0.2) is 47.4 Å². The van der Waals surface area contributed by atoms with Crippen molar-refractivity contribution in [3.05, 3.63) is 64.4 Å². The summed E-state index contributed by atoms with van der Waals surface area (Å²) in [5, 5.41) is -0.165. The van der Waals surface area contributed by atoms with Crippen molar-refractivity contribution in [1.29, 1.82) is 0 Å². The largest absolute Gasteiger partial charge is 0.298 e. The van der Waals surface area contributed by atoms with Crippen molar-refractivity contribution >= 4 is 21.6 Å². The number of rotatable bonds is 4. The maximum Gasteiger partial charge on any atom is 0.243 e. The summed E-state index contributed by atoms with van der Waals surface area (Å²) in [5.74, 6) is -0.313. The maximum absolute atomic E-state index is 13.4. The number of nitrogens with zero attached hydrogens (tertiary/aromatic N) is 2. The van der Waals surface area contributed by atoms with Crippen LogP contribution in [0.4, 0.5) is 4.39 Å². The SMILES string of the molecule is O=S(=O)(c1ccc(F)c(Cl)c1)N1CCCC(CN2CCc3ccccc3C2)C1. The summed E-state index contributed by atoms with van der Waals surface area (Å²) in [5.41, 5.74) is 2.79. The summed E-state index contributed by atoms with van der Waals surface area (Å²) < 4.78 is 40.9. The zero-order chi connectivity index (χ0) is 19.7. The summed E-state index contributed by atoms with van der Waals surface area (Å²) >= 11 is 5.79. The number of hydrogen-bond donors (Lipinski definition) is 0. The molecule has 28 heavy (non-hydrogen) atoms. The predicted molar refractivity (Wildman–Crippen MR) is 108 cm³/mol. The predicted octanol–water partition coefficient (Wildman–Crippen LogP) is 3.94. The second kappa shape index (κ2) is 8.11. The molecule has 4 rings (SSSR count). The molecule has 0 saturated carbocycles. The van der Waals surface area contributed by atoms with Crippen molar-refractivity contribution in [1.82, 2.24) is 9.21 Å². The molecular formula is C21H24ClFN2O2S. The van der Waals surface area contributed by atoms with Crippen molar-refractivity contribution in [3.63, 3.8) is 0 Å². The zero-order valence-corrected chi connectivity index (χ0v) is 17.2. The fourth-order valence-corrected chi connectivity index (χ4v) is 6.08. The topological polar surface area (TPSA) is 40.6 Å². The third-order valence-electron chi connectivity index (χ3n) is 5.74. The second-order valence-electron chi connectivity index (χ2n) is 7.70. The van der Waals surface area contributed by atoms with Gasteiger partial charge in [-0.15, -0.1) is 0 Å². The molecule has 1 atom stereocenters. The molecular weight excluding hydrogens is 399 g/mol. The van der Waals surface area contributed by atoms with Crippen LogP contribution >= 0.6 is 11.6 Å². The van der Waals surface area contributed by atoms with Crippen molar-refractivity contribution in [2.45, 2.75) is 30.7 Å². The quantitative estimate of drug-likeness (QED) is 0.749. The molecule has 0 aliphatic carbocycles. The van der Waals surface area contributed by atoms with Crippen LogP contribution in [0.2, 0.25) is 5.02 Å². The number of hydrogen-bond acceptors (Lipinski definition) is 3. The fraction of sp³-hybridized carbons (Fsp3) is 0.429. The molecule has 2 aromatic rings. The number of fused-ring (bicyclic) bond motifs is 1. The molecule has 2 aliphatic heterocycles. The number of halogens is 2. The molecule has 0 radical (unpaired) electrons. The van der Waals surface area contributed by atoms with E-state index in [2.05, 4.69) is 29.2 Å². The molecule has 0 aromatic heterocycles. The van der Waals surface area contributed by atoms with Crippen LogP contribution in [0.5, 0.6) is 0 Å². The Morgan fingerprint density at radius 1 is 1.11 bits per heavy atom. The molecule has 0 amide bonds. The van der Waals surface area contributed by atoms with Gasteiger partial charge in [0.1, 0.15) is 5.82 Å². The summed E-state index contributed by atoms with van der Waals surface area (Å²) in [6.45, 7) is 3.82. The van der Waals surface area contributed by atoms with Gasteiger partial charge in [0.05, 0.1) is 9.92 Å². The number of sulfonamides is 1. The van der Waals surface area contributed by atoms with Crippen LogP contribution in [-0.2, 0) is 23.0 Å².